The summed E-state index contributed by atoms with van der Waals surface area (Å²) in [5, 5.41) is 0. The Kier molecular flexibility index (Phi) is 0.474. The van der Waals surface area contributed by atoms with E-state index in [2.05, 4.69) is 0 Å². The van der Waals surface area contributed by atoms with E-state index < -0.39 is 18.6 Å². The summed E-state index contributed by atoms with van der Waals surface area (Å²) in [5.74, 6) is -0.564. The van der Waals surface area contributed by atoms with Gasteiger partial charge in [0.15, 0.2) is 0 Å². The highest BCUT2D eigenvalue weighted by atomic mass is 16.1. The Balaban J connectivity index is 2.95. The summed E-state index contributed by atoms with van der Waals surface area (Å²) in [4.78, 5) is 10.9. The molecule has 0 saturated carbocycles. The minimum atomic E-state index is -1.29. The van der Waals surface area contributed by atoms with Crippen LogP contribution in [0.3, 0.4) is 0 Å². The SMILES string of the molecule is [2H]C1=C([2H])C([2H])C(=O)C([2H])C1. The zero-order chi connectivity index (χ0) is 8.59. The number of Topliss-reactive ketones (excluding diaryl/α,β-unsaturated/α-hetero) is 1. The molecule has 1 nitrogen and oxygen atoms in total. The minimum absolute atomic E-state index is 0.00690. The van der Waals surface area contributed by atoms with Crippen molar-refractivity contribution in [3.05, 3.63) is 12.1 Å². The Labute approximate surface area is 48.6 Å². The smallest absolute Gasteiger partial charge is 0.136 e. The first kappa shape index (κ1) is 1.73. The summed E-state index contributed by atoms with van der Waals surface area (Å²) in [6.07, 6.45) is -2.30. The quantitative estimate of drug-likeness (QED) is 0.419. The van der Waals surface area contributed by atoms with Gasteiger partial charge in [0, 0.05) is 15.5 Å². The second kappa shape index (κ2) is 1.92. The number of allylic oxidation sites excluding steroid dienone is 2. The third-order valence-electron chi connectivity index (χ3n) is 0.722. The van der Waals surface area contributed by atoms with E-state index in [0.717, 1.165) is 0 Å². The molecule has 0 spiro atoms. The summed E-state index contributed by atoms with van der Waals surface area (Å²) in [7, 11) is 0. The summed E-state index contributed by atoms with van der Waals surface area (Å²) in [6.45, 7) is 0. The van der Waals surface area contributed by atoms with Crippen LogP contribution in [0.1, 0.15) is 24.7 Å². The zero-order valence-corrected chi connectivity index (χ0v) is 3.77. The Morgan fingerprint density at radius 2 is 2.71 bits per heavy atom. The number of rotatable bonds is 0. The van der Waals surface area contributed by atoms with E-state index >= 15 is 0 Å². The topological polar surface area (TPSA) is 17.1 Å². The fourth-order valence-electron chi connectivity index (χ4n) is 0.392. The van der Waals surface area contributed by atoms with Crippen molar-refractivity contribution in [3.8, 4) is 0 Å². The maximum Gasteiger partial charge on any atom is 0.136 e. The lowest BCUT2D eigenvalue weighted by molar-refractivity contribution is -0.118. The van der Waals surface area contributed by atoms with Crippen LogP contribution < -0.4 is 0 Å². The van der Waals surface area contributed by atoms with Gasteiger partial charge in [-0.1, -0.05) is 12.1 Å². The average Bonchev–Trinajstić information content (AvgIpc) is 1.97. The molecule has 0 amide bonds. The maximum atomic E-state index is 10.9. The van der Waals surface area contributed by atoms with Crippen molar-refractivity contribution in [2.24, 2.45) is 0 Å². The van der Waals surface area contributed by atoms with Crippen molar-refractivity contribution >= 4 is 5.78 Å². The van der Waals surface area contributed by atoms with Crippen molar-refractivity contribution in [2.75, 3.05) is 0 Å². The first-order chi connectivity index (χ1) is 5.04. The monoisotopic (exact) mass is 100 g/mol. The van der Waals surface area contributed by atoms with Crippen LogP contribution in [0, 0.1) is 0 Å². The fraction of sp³-hybridized carbons (Fsp3) is 0.500. The first-order valence-electron chi connectivity index (χ1n) is 4.24. The second-order valence-electron chi connectivity index (χ2n) is 1.28. The van der Waals surface area contributed by atoms with Gasteiger partial charge in [-0.3, -0.25) is 4.79 Å². The molecule has 1 aliphatic carbocycles. The Morgan fingerprint density at radius 1 is 1.86 bits per heavy atom. The Bertz CT molecular complexity index is 223. The molecular weight excluding hydrogens is 88.1 g/mol. The highest BCUT2D eigenvalue weighted by Crippen LogP contribution is 2.03. The molecule has 0 fully saturated rings. The lowest BCUT2D eigenvalue weighted by Crippen LogP contribution is -1.97. The van der Waals surface area contributed by atoms with E-state index in [1.165, 1.54) is 0 Å². The third-order valence-corrected chi connectivity index (χ3v) is 0.722. The van der Waals surface area contributed by atoms with Crippen LogP contribution in [0.4, 0.5) is 0 Å². The molecule has 2 atom stereocenters. The van der Waals surface area contributed by atoms with E-state index in [0.29, 0.717) is 0 Å². The van der Waals surface area contributed by atoms with Gasteiger partial charge in [-0.25, -0.2) is 0 Å². The molecular formula is C6H8O. The van der Waals surface area contributed by atoms with Gasteiger partial charge in [0.1, 0.15) is 5.78 Å². The molecule has 1 aliphatic rings. The van der Waals surface area contributed by atoms with Crippen molar-refractivity contribution in [3.63, 3.8) is 0 Å². The van der Waals surface area contributed by atoms with Gasteiger partial charge >= 0.3 is 0 Å². The van der Waals surface area contributed by atoms with E-state index in [4.69, 9.17) is 5.48 Å². The predicted molar refractivity (Wildman–Crippen MR) is 28.0 cm³/mol. The predicted octanol–water partition coefficient (Wildman–Crippen LogP) is 1.30. The molecule has 0 N–H and O–H groups in total. The van der Waals surface area contributed by atoms with Crippen LogP contribution in [-0.4, -0.2) is 5.78 Å². The standard InChI is InChI=1S/C6H8O/c7-6-4-2-1-3-5-6/h1-2H,3-5H2/i1D,2D,4D,5D. The third kappa shape index (κ3) is 1.15. The van der Waals surface area contributed by atoms with Gasteiger partial charge < -0.3 is 0 Å². The van der Waals surface area contributed by atoms with Gasteiger partial charge in [-0.2, -0.15) is 0 Å². The molecule has 0 radical (unpaired) electrons. The zero-order valence-electron chi connectivity index (χ0n) is 7.77. The van der Waals surface area contributed by atoms with E-state index in [-0.39, 0.29) is 18.5 Å². The molecule has 0 aromatic heterocycles. The van der Waals surface area contributed by atoms with Crippen LogP contribution in [0.2, 0.25) is 0 Å². The molecule has 2 unspecified atom stereocenters. The van der Waals surface area contributed by atoms with Crippen LogP contribution >= 0.6 is 0 Å². The van der Waals surface area contributed by atoms with Crippen molar-refractivity contribution in [1.29, 1.82) is 0 Å². The van der Waals surface area contributed by atoms with E-state index in [1.807, 2.05) is 0 Å². The van der Waals surface area contributed by atoms with Gasteiger partial charge in [0.05, 0.1) is 2.74 Å². The van der Waals surface area contributed by atoms with Crippen LogP contribution in [-0.2, 0) is 4.79 Å². The lowest BCUT2D eigenvalue weighted by atomic mass is 10.1. The molecule has 0 saturated heterocycles. The highest BCUT2D eigenvalue weighted by molar-refractivity contribution is 5.80. The molecule has 0 bridgehead atoms. The molecule has 0 heterocycles. The summed E-state index contributed by atoms with van der Waals surface area (Å²) < 4.78 is 28.5. The van der Waals surface area contributed by atoms with Crippen molar-refractivity contribution < 1.29 is 10.3 Å². The number of hydrogen-bond acceptors (Lipinski definition) is 1. The Morgan fingerprint density at radius 3 is 3.57 bits per heavy atom. The van der Waals surface area contributed by atoms with Gasteiger partial charge in [-0.15, -0.1) is 0 Å². The fourth-order valence-corrected chi connectivity index (χ4v) is 0.392. The molecule has 1 rings (SSSR count). The Hall–Kier alpha value is -0.590. The number of hydrogen-bond donors (Lipinski definition) is 0. The molecule has 0 aromatic rings. The van der Waals surface area contributed by atoms with Crippen LogP contribution in [0.15, 0.2) is 12.1 Å². The molecule has 38 valence electrons. The summed E-state index contributed by atoms with van der Waals surface area (Å²) in [6, 6.07) is -0.303. The molecule has 1 heteroatoms. The molecule has 0 aliphatic heterocycles. The number of carbonyl (C=O) groups is 1. The largest absolute Gasteiger partial charge is 0.299 e. The minimum Gasteiger partial charge on any atom is -0.299 e. The maximum absolute atomic E-state index is 10.9. The first-order valence-corrected chi connectivity index (χ1v) is 2.08. The van der Waals surface area contributed by atoms with Crippen LogP contribution in [0.5, 0.6) is 0 Å². The van der Waals surface area contributed by atoms with E-state index in [9.17, 15) is 4.79 Å². The number of ketones is 1. The number of carbonyl (C=O) groups excluding carboxylic acids is 1. The second-order valence-corrected chi connectivity index (χ2v) is 1.28. The van der Waals surface area contributed by atoms with Gasteiger partial charge in [-0.05, 0) is 6.42 Å². The summed E-state index contributed by atoms with van der Waals surface area (Å²) in [5.41, 5.74) is 0. The summed E-state index contributed by atoms with van der Waals surface area (Å²) >= 11 is 0. The molecule has 0 aromatic carbocycles. The van der Waals surface area contributed by atoms with Crippen molar-refractivity contribution in [2.45, 2.75) is 19.2 Å². The van der Waals surface area contributed by atoms with E-state index in [1.54, 1.807) is 0 Å². The average molecular weight is 100 g/mol. The van der Waals surface area contributed by atoms with Gasteiger partial charge in [0.25, 0.3) is 0 Å². The van der Waals surface area contributed by atoms with Crippen molar-refractivity contribution in [1.82, 2.24) is 0 Å². The molecule has 7 heavy (non-hydrogen) atoms. The normalized spacial score (nSPS) is 52.3. The lowest BCUT2D eigenvalue weighted by Gasteiger charge is -1.97. The highest BCUT2D eigenvalue weighted by Gasteiger charge is 1.99. The van der Waals surface area contributed by atoms with Gasteiger partial charge in [0.2, 0.25) is 0 Å². The van der Waals surface area contributed by atoms with Crippen LogP contribution in [0.25, 0.3) is 0 Å².